The lowest BCUT2D eigenvalue weighted by Gasteiger charge is -2.30. The van der Waals surface area contributed by atoms with E-state index in [2.05, 4.69) is 19.2 Å². The number of hydrogen-bond acceptors (Lipinski definition) is 4. The monoisotopic (exact) mass is 243 g/mol. The first-order valence-corrected chi connectivity index (χ1v) is 6.71. The molecular formula is C13H25NO3. The van der Waals surface area contributed by atoms with Crippen LogP contribution in [0.3, 0.4) is 0 Å². The first-order chi connectivity index (χ1) is 8.17. The predicted molar refractivity (Wildman–Crippen MR) is 66.9 cm³/mol. The third kappa shape index (κ3) is 5.04. The van der Waals surface area contributed by atoms with Crippen LogP contribution in [-0.2, 0) is 14.3 Å². The van der Waals surface area contributed by atoms with E-state index in [-0.39, 0.29) is 18.1 Å². The largest absolute Gasteiger partial charge is 0.465 e. The van der Waals surface area contributed by atoms with Gasteiger partial charge in [-0.15, -0.1) is 0 Å². The minimum atomic E-state index is -0.157. The van der Waals surface area contributed by atoms with Gasteiger partial charge in [-0.05, 0) is 33.1 Å². The summed E-state index contributed by atoms with van der Waals surface area (Å²) in [5, 5.41) is 3.42. The number of hydrogen-bond donors (Lipinski definition) is 1. The van der Waals surface area contributed by atoms with Gasteiger partial charge in [-0.3, -0.25) is 4.79 Å². The van der Waals surface area contributed by atoms with Crippen LogP contribution >= 0.6 is 0 Å². The second-order valence-electron chi connectivity index (χ2n) is 4.66. The number of ether oxygens (including phenoxy) is 2. The number of rotatable bonds is 6. The maximum absolute atomic E-state index is 11.8. The Labute approximate surface area is 104 Å². The van der Waals surface area contributed by atoms with Gasteiger partial charge in [0.05, 0.1) is 12.7 Å². The van der Waals surface area contributed by atoms with Gasteiger partial charge < -0.3 is 14.8 Å². The van der Waals surface area contributed by atoms with Crippen molar-refractivity contribution in [1.29, 1.82) is 0 Å². The maximum Gasteiger partial charge on any atom is 0.323 e. The molecule has 4 nitrogen and oxygen atoms in total. The predicted octanol–water partition coefficient (Wildman–Crippen LogP) is 1.88. The van der Waals surface area contributed by atoms with Crippen LogP contribution in [0.2, 0.25) is 0 Å². The zero-order chi connectivity index (χ0) is 12.7. The van der Waals surface area contributed by atoms with Gasteiger partial charge in [0.15, 0.2) is 0 Å². The van der Waals surface area contributed by atoms with Crippen LogP contribution in [-0.4, -0.2) is 37.4 Å². The van der Waals surface area contributed by atoms with Crippen molar-refractivity contribution in [2.75, 3.05) is 13.2 Å². The molecule has 3 unspecified atom stereocenters. The first-order valence-electron chi connectivity index (χ1n) is 6.71. The molecule has 1 aliphatic heterocycles. The molecule has 0 bridgehead atoms. The third-order valence-corrected chi connectivity index (χ3v) is 3.07. The van der Waals surface area contributed by atoms with Crippen LogP contribution in [0, 0.1) is 0 Å². The average Bonchev–Trinajstić information content (AvgIpc) is 2.29. The van der Waals surface area contributed by atoms with E-state index in [4.69, 9.17) is 9.47 Å². The van der Waals surface area contributed by atoms with E-state index in [0.717, 1.165) is 32.3 Å². The summed E-state index contributed by atoms with van der Waals surface area (Å²) >= 11 is 0. The molecule has 1 N–H and O–H groups in total. The fraction of sp³-hybridized carbons (Fsp3) is 0.923. The van der Waals surface area contributed by atoms with Gasteiger partial charge in [0.2, 0.25) is 0 Å². The average molecular weight is 243 g/mol. The Morgan fingerprint density at radius 1 is 1.53 bits per heavy atom. The number of esters is 1. The van der Waals surface area contributed by atoms with Gasteiger partial charge in [-0.1, -0.05) is 13.3 Å². The molecule has 0 amide bonds. The lowest BCUT2D eigenvalue weighted by atomic mass is 10.0. The molecule has 1 heterocycles. The molecule has 17 heavy (non-hydrogen) atoms. The molecule has 0 saturated carbocycles. The van der Waals surface area contributed by atoms with Gasteiger partial charge in [-0.25, -0.2) is 0 Å². The van der Waals surface area contributed by atoms with E-state index in [9.17, 15) is 4.79 Å². The zero-order valence-corrected chi connectivity index (χ0v) is 11.2. The van der Waals surface area contributed by atoms with Gasteiger partial charge in [0, 0.05) is 12.6 Å². The Morgan fingerprint density at radius 2 is 2.29 bits per heavy atom. The summed E-state index contributed by atoms with van der Waals surface area (Å²) in [4.78, 5) is 11.8. The summed E-state index contributed by atoms with van der Waals surface area (Å²) in [7, 11) is 0. The molecule has 100 valence electrons. The highest BCUT2D eigenvalue weighted by Gasteiger charge is 2.25. The van der Waals surface area contributed by atoms with Crippen LogP contribution in [0.4, 0.5) is 0 Å². The molecule has 1 saturated heterocycles. The molecule has 1 aliphatic rings. The molecule has 0 aromatic carbocycles. The highest BCUT2D eigenvalue weighted by molar-refractivity contribution is 5.75. The lowest BCUT2D eigenvalue weighted by Crippen LogP contribution is -2.47. The van der Waals surface area contributed by atoms with Gasteiger partial charge >= 0.3 is 5.97 Å². The number of carbonyl (C=O) groups excluding carboxylic acids is 1. The Balaban J connectivity index is 2.44. The first kappa shape index (κ1) is 14.5. The lowest BCUT2D eigenvalue weighted by molar-refractivity contribution is -0.146. The Kier molecular flexibility index (Phi) is 6.52. The Morgan fingerprint density at radius 3 is 2.88 bits per heavy atom. The summed E-state index contributed by atoms with van der Waals surface area (Å²) < 4.78 is 10.6. The van der Waals surface area contributed by atoms with E-state index in [1.54, 1.807) is 0 Å². The molecule has 3 atom stereocenters. The molecule has 4 heteroatoms. The van der Waals surface area contributed by atoms with Crippen LogP contribution in [0.5, 0.6) is 0 Å². The van der Waals surface area contributed by atoms with Crippen molar-refractivity contribution in [1.82, 2.24) is 5.32 Å². The molecule has 0 radical (unpaired) electrons. The number of nitrogens with one attached hydrogen (secondary N) is 1. The smallest absolute Gasteiger partial charge is 0.323 e. The molecule has 0 spiro atoms. The molecule has 1 rings (SSSR count). The van der Waals surface area contributed by atoms with E-state index >= 15 is 0 Å². The summed E-state index contributed by atoms with van der Waals surface area (Å²) in [6, 6.07) is 0.218. The number of carbonyl (C=O) groups is 1. The van der Waals surface area contributed by atoms with Gasteiger partial charge in [0.25, 0.3) is 0 Å². The molecular weight excluding hydrogens is 218 g/mol. The van der Waals surface area contributed by atoms with Crippen molar-refractivity contribution >= 4 is 5.97 Å². The van der Waals surface area contributed by atoms with Crippen LogP contribution < -0.4 is 5.32 Å². The maximum atomic E-state index is 11.8. The normalized spacial score (nSPS) is 26.5. The highest BCUT2D eigenvalue weighted by Crippen LogP contribution is 2.15. The molecule has 0 aromatic rings. The quantitative estimate of drug-likeness (QED) is 0.724. The van der Waals surface area contributed by atoms with Gasteiger partial charge in [-0.2, -0.15) is 0 Å². The van der Waals surface area contributed by atoms with Crippen molar-refractivity contribution in [2.45, 2.75) is 64.6 Å². The zero-order valence-electron chi connectivity index (χ0n) is 11.2. The van der Waals surface area contributed by atoms with Crippen molar-refractivity contribution in [3.8, 4) is 0 Å². The standard InChI is InChI=1S/C13H25NO3/c1-4-6-12(13(15)16-5-2)14-11-7-8-17-10(3)9-11/h10-12,14H,4-9H2,1-3H3. The molecule has 1 fully saturated rings. The van der Waals surface area contributed by atoms with Crippen molar-refractivity contribution < 1.29 is 14.3 Å². The Bertz CT molecular complexity index is 233. The molecule has 0 aliphatic carbocycles. The van der Waals surface area contributed by atoms with Crippen LogP contribution in [0.15, 0.2) is 0 Å². The van der Waals surface area contributed by atoms with Crippen molar-refractivity contribution in [3.05, 3.63) is 0 Å². The highest BCUT2D eigenvalue weighted by atomic mass is 16.5. The second-order valence-corrected chi connectivity index (χ2v) is 4.66. The summed E-state index contributed by atoms with van der Waals surface area (Å²) in [5.74, 6) is -0.117. The Hall–Kier alpha value is -0.610. The third-order valence-electron chi connectivity index (χ3n) is 3.07. The summed E-state index contributed by atoms with van der Waals surface area (Å²) in [5.41, 5.74) is 0. The van der Waals surface area contributed by atoms with E-state index < -0.39 is 0 Å². The van der Waals surface area contributed by atoms with E-state index in [0.29, 0.717) is 12.6 Å². The minimum absolute atomic E-state index is 0.117. The van der Waals surface area contributed by atoms with Crippen molar-refractivity contribution in [3.63, 3.8) is 0 Å². The van der Waals surface area contributed by atoms with Crippen LogP contribution in [0.1, 0.15) is 46.5 Å². The molecule has 0 aromatic heterocycles. The topological polar surface area (TPSA) is 47.6 Å². The SMILES string of the molecule is CCCC(NC1CCOC(C)C1)C(=O)OCC. The van der Waals surface area contributed by atoms with E-state index in [1.165, 1.54) is 0 Å². The van der Waals surface area contributed by atoms with Gasteiger partial charge in [0.1, 0.15) is 6.04 Å². The fourth-order valence-corrected chi connectivity index (χ4v) is 2.23. The summed E-state index contributed by atoms with van der Waals surface area (Å²) in [6.07, 6.45) is 4.05. The second kappa shape index (κ2) is 7.67. The minimum Gasteiger partial charge on any atom is -0.465 e. The van der Waals surface area contributed by atoms with Crippen molar-refractivity contribution in [2.24, 2.45) is 0 Å². The van der Waals surface area contributed by atoms with Crippen LogP contribution in [0.25, 0.3) is 0 Å². The van der Waals surface area contributed by atoms with E-state index in [1.807, 2.05) is 6.92 Å². The summed E-state index contributed by atoms with van der Waals surface area (Å²) in [6.45, 7) is 7.23. The fourth-order valence-electron chi connectivity index (χ4n) is 2.23.